The van der Waals surface area contributed by atoms with E-state index < -0.39 is 6.10 Å². The molecule has 1 aromatic rings. The van der Waals surface area contributed by atoms with Crippen LogP contribution in [-0.2, 0) is 0 Å². The van der Waals surface area contributed by atoms with Crippen molar-refractivity contribution in [2.24, 2.45) is 11.3 Å². The molecule has 0 saturated heterocycles. The minimum Gasteiger partial charge on any atom is -0.490 e. The zero-order valence-corrected chi connectivity index (χ0v) is 14.2. The van der Waals surface area contributed by atoms with Gasteiger partial charge < -0.3 is 14.6 Å². The summed E-state index contributed by atoms with van der Waals surface area (Å²) < 4.78 is 12.1. The average molecular weight is 343 g/mol. The summed E-state index contributed by atoms with van der Waals surface area (Å²) in [7, 11) is 0. The van der Waals surface area contributed by atoms with E-state index in [0.717, 1.165) is 16.5 Å². The smallest absolute Gasteiger partial charge is 0.162 e. The summed E-state index contributed by atoms with van der Waals surface area (Å²) in [5, 5.41) is 10.6. The van der Waals surface area contributed by atoms with E-state index in [2.05, 4.69) is 29.8 Å². The van der Waals surface area contributed by atoms with Gasteiger partial charge in [0.05, 0.1) is 19.3 Å². The van der Waals surface area contributed by atoms with Gasteiger partial charge in [-0.3, -0.25) is 0 Å². The highest BCUT2D eigenvalue weighted by molar-refractivity contribution is 9.10. The molecule has 1 saturated carbocycles. The van der Waals surface area contributed by atoms with Crippen molar-refractivity contribution in [1.29, 1.82) is 0 Å². The van der Waals surface area contributed by atoms with Crippen molar-refractivity contribution in [2.75, 3.05) is 13.2 Å². The van der Waals surface area contributed by atoms with Gasteiger partial charge in [0.2, 0.25) is 0 Å². The SMILES string of the molecule is CCOc1cc(Br)c(C(O)C2CC2(C)C)cc1OCC. The first-order valence-corrected chi connectivity index (χ1v) is 7.97. The number of hydrogen-bond acceptors (Lipinski definition) is 3. The monoisotopic (exact) mass is 342 g/mol. The molecule has 1 aliphatic rings. The van der Waals surface area contributed by atoms with Gasteiger partial charge in [-0.25, -0.2) is 0 Å². The molecular weight excluding hydrogens is 320 g/mol. The molecule has 2 unspecified atom stereocenters. The third-order valence-corrected chi connectivity index (χ3v) is 4.64. The zero-order valence-electron chi connectivity index (χ0n) is 12.6. The highest BCUT2D eigenvalue weighted by atomic mass is 79.9. The van der Waals surface area contributed by atoms with Crippen molar-refractivity contribution in [3.05, 3.63) is 22.2 Å². The van der Waals surface area contributed by atoms with Crippen molar-refractivity contribution in [3.63, 3.8) is 0 Å². The lowest BCUT2D eigenvalue weighted by Gasteiger charge is -2.18. The maximum Gasteiger partial charge on any atom is 0.162 e. The van der Waals surface area contributed by atoms with Gasteiger partial charge in [-0.05, 0) is 49.3 Å². The van der Waals surface area contributed by atoms with Crippen LogP contribution >= 0.6 is 15.9 Å². The Balaban J connectivity index is 2.31. The number of aliphatic hydroxyl groups is 1. The lowest BCUT2D eigenvalue weighted by Crippen LogP contribution is -2.07. The molecule has 0 heterocycles. The molecule has 2 rings (SSSR count). The van der Waals surface area contributed by atoms with E-state index in [-0.39, 0.29) is 5.41 Å². The molecule has 1 aromatic carbocycles. The van der Waals surface area contributed by atoms with Crippen molar-refractivity contribution >= 4 is 15.9 Å². The Morgan fingerprint density at radius 1 is 1.25 bits per heavy atom. The summed E-state index contributed by atoms with van der Waals surface area (Å²) >= 11 is 3.54. The number of ether oxygens (including phenoxy) is 2. The van der Waals surface area contributed by atoms with Crippen LogP contribution in [0.3, 0.4) is 0 Å². The predicted molar refractivity (Wildman–Crippen MR) is 83.3 cm³/mol. The number of hydrogen-bond donors (Lipinski definition) is 1. The van der Waals surface area contributed by atoms with Crippen LogP contribution in [0.1, 0.15) is 45.8 Å². The first-order chi connectivity index (χ1) is 9.40. The van der Waals surface area contributed by atoms with Crippen molar-refractivity contribution in [2.45, 2.75) is 40.2 Å². The largest absolute Gasteiger partial charge is 0.490 e. The van der Waals surface area contributed by atoms with Crippen molar-refractivity contribution in [3.8, 4) is 11.5 Å². The first-order valence-electron chi connectivity index (χ1n) is 7.17. The normalized spacial score (nSPS) is 21.4. The van der Waals surface area contributed by atoms with Crippen LogP contribution in [0.2, 0.25) is 0 Å². The number of aliphatic hydroxyl groups excluding tert-OH is 1. The predicted octanol–water partition coefficient (Wildman–Crippen LogP) is 4.33. The summed E-state index contributed by atoms with van der Waals surface area (Å²) in [6.07, 6.45) is 0.590. The molecule has 1 aliphatic carbocycles. The van der Waals surface area contributed by atoms with E-state index in [0.29, 0.717) is 30.6 Å². The van der Waals surface area contributed by atoms with Gasteiger partial charge in [0, 0.05) is 4.47 Å². The summed E-state index contributed by atoms with van der Waals surface area (Å²) in [5.74, 6) is 1.73. The Hall–Kier alpha value is -0.740. The van der Waals surface area contributed by atoms with Gasteiger partial charge in [-0.15, -0.1) is 0 Å². The standard InChI is InChI=1S/C16H23BrO3/c1-5-19-13-7-10(12(17)8-14(13)20-6-2)15(18)11-9-16(11,3)4/h7-8,11,15,18H,5-6,9H2,1-4H3. The Morgan fingerprint density at radius 2 is 1.75 bits per heavy atom. The second-order valence-electron chi connectivity index (χ2n) is 5.93. The van der Waals surface area contributed by atoms with Gasteiger partial charge in [0.25, 0.3) is 0 Å². The molecule has 0 aliphatic heterocycles. The second kappa shape index (κ2) is 5.94. The highest BCUT2D eigenvalue weighted by Gasteiger charge is 2.50. The minimum atomic E-state index is -0.464. The van der Waals surface area contributed by atoms with Crippen molar-refractivity contribution < 1.29 is 14.6 Å². The average Bonchev–Trinajstić information content (AvgIpc) is 3.01. The van der Waals surface area contributed by atoms with Gasteiger partial charge in [-0.2, -0.15) is 0 Å². The van der Waals surface area contributed by atoms with E-state index in [4.69, 9.17) is 9.47 Å². The number of benzene rings is 1. The third kappa shape index (κ3) is 3.12. The van der Waals surface area contributed by atoms with Crippen LogP contribution in [0, 0.1) is 11.3 Å². The minimum absolute atomic E-state index is 0.225. The van der Waals surface area contributed by atoms with E-state index in [1.807, 2.05) is 26.0 Å². The second-order valence-corrected chi connectivity index (χ2v) is 6.78. The lowest BCUT2D eigenvalue weighted by molar-refractivity contribution is 0.137. The molecule has 112 valence electrons. The number of rotatable bonds is 6. The van der Waals surface area contributed by atoms with Gasteiger partial charge in [0.15, 0.2) is 11.5 Å². The Labute approximate surface area is 129 Å². The topological polar surface area (TPSA) is 38.7 Å². The molecule has 0 aromatic heterocycles. The van der Waals surface area contributed by atoms with Crippen LogP contribution in [0.25, 0.3) is 0 Å². The van der Waals surface area contributed by atoms with Gasteiger partial charge in [-0.1, -0.05) is 29.8 Å². The molecule has 20 heavy (non-hydrogen) atoms. The molecule has 1 N–H and O–H groups in total. The Bertz CT molecular complexity index is 485. The van der Waals surface area contributed by atoms with Crippen LogP contribution in [-0.4, -0.2) is 18.3 Å². The molecule has 0 amide bonds. The lowest BCUT2D eigenvalue weighted by atomic mass is 9.99. The van der Waals surface area contributed by atoms with Crippen LogP contribution in [0.15, 0.2) is 16.6 Å². The van der Waals surface area contributed by atoms with Gasteiger partial charge in [0.1, 0.15) is 0 Å². The highest BCUT2D eigenvalue weighted by Crippen LogP contribution is 2.58. The summed E-state index contributed by atoms with van der Waals surface area (Å²) in [6, 6.07) is 3.79. The van der Waals surface area contributed by atoms with E-state index >= 15 is 0 Å². The fourth-order valence-corrected chi connectivity index (χ4v) is 3.13. The fourth-order valence-electron chi connectivity index (χ4n) is 2.58. The first kappa shape index (κ1) is 15.6. The molecular formula is C16H23BrO3. The molecule has 1 fully saturated rings. The van der Waals surface area contributed by atoms with Gasteiger partial charge >= 0.3 is 0 Å². The number of halogens is 1. The van der Waals surface area contributed by atoms with E-state index in [1.165, 1.54) is 0 Å². The Kier molecular flexibility index (Phi) is 4.65. The third-order valence-electron chi connectivity index (χ3n) is 3.95. The molecule has 0 spiro atoms. The fraction of sp³-hybridized carbons (Fsp3) is 0.625. The zero-order chi connectivity index (χ0) is 14.9. The maximum absolute atomic E-state index is 10.6. The van der Waals surface area contributed by atoms with Crippen LogP contribution in [0.4, 0.5) is 0 Å². The summed E-state index contributed by atoms with van der Waals surface area (Å²) in [6.45, 7) is 9.42. The molecule has 4 heteroatoms. The molecule has 0 bridgehead atoms. The van der Waals surface area contributed by atoms with Crippen molar-refractivity contribution in [1.82, 2.24) is 0 Å². The molecule has 3 nitrogen and oxygen atoms in total. The summed E-state index contributed by atoms with van der Waals surface area (Å²) in [4.78, 5) is 0. The van der Waals surface area contributed by atoms with Crippen LogP contribution < -0.4 is 9.47 Å². The summed E-state index contributed by atoms with van der Waals surface area (Å²) in [5.41, 5.74) is 1.11. The van der Waals surface area contributed by atoms with E-state index in [9.17, 15) is 5.11 Å². The molecule has 0 radical (unpaired) electrons. The van der Waals surface area contributed by atoms with Crippen LogP contribution in [0.5, 0.6) is 11.5 Å². The van der Waals surface area contributed by atoms with E-state index in [1.54, 1.807) is 0 Å². The Morgan fingerprint density at radius 3 is 2.20 bits per heavy atom. The maximum atomic E-state index is 10.6. The quantitative estimate of drug-likeness (QED) is 0.836. The molecule has 2 atom stereocenters.